The van der Waals surface area contributed by atoms with Crippen LogP contribution >= 0.6 is 23.2 Å². The highest BCUT2D eigenvalue weighted by molar-refractivity contribution is 7.92. The molecule has 1 aliphatic heterocycles. The van der Waals surface area contributed by atoms with Gasteiger partial charge in [-0.25, -0.2) is 8.42 Å². The fourth-order valence-corrected chi connectivity index (χ4v) is 5.93. The fourth-order valence-electron chi connectivity index (χ4n) is 4.78. The van der Waals surface area contributed by atoms with Gasteiger partial charge in [0.15, 0.2) is 23.9 Å². The van der Waals surface area contributed by atoms with Crippen molar-refractivity contribution in [3.63, 3.8) is 0 Å². The first-order valence-electron chi connectivity index (χ1n) is 13.6. The summed E-state index contributed by atoms with van der Waals surface area (Å²) in [5, 5.41) is 11.8. The molecule has 3 aromatic rings. The van der Waals surface area contributed by atoms with Gasteiger partial charge in [0, 0.05) is 29.8 Å². The van der Waals surface area contributed by atoms with E-state index in [-0.39, 0.29) is 57.9 Å². The van der Waals surface area contributed by atoms with Crippen molar-refractivity contribution in [2.24, 2.45) is 5.92 Å². The molecule has 5 rings (SSSR count). The summed E-state index contributed by atoms with van der Waals surface area (Å²) in [6, 6.07) is 8.60. The van der Waals surface area contributed by atoms with E-state index in [1.54, 1.807) is 6.07 Å². The van der Waals surface area contributed by atoms with E-state index in [0.717, 1.165) is 31.5 Å². The minimum atomic E-state index is -3.58. The van der Waals surface area contributed by atoms with Crippen molar-refractivity contribution in [2.75, 3.05) is 24.1 Å². The van der Waals surface area contributed by atoms with Crippen LogP contribution in [0.2, 0.25) is 10.0 Å². The molecule has 2 aromatic carbocycles. The Morgan fingerprint density at radius 3 is 2.49 bits per heavy atom. The van der Waals surface area contributed by atoms with Gasteiger partial charge in [0.05, 0.1) is 12.9 Å². The number of rotatable bonds is 13. The Bertz CT molecular complexity index is 1720. The van der Waals surface area contributed by atoms with Crippen molar-refractivity contribution in [1.82, 2.24) is 4.90 Å². The molecule has 0 spiro atoms. The van der Waals surface area contributed by atoms with Crippen LogP contribution < -0.4 is 18.9 Å². The van der Waals surface area contributed by atoms with Gasteiger partial charge in [-0.2, -0.15) is 13.5 Å². The third-order valence-electron chi connectivity index (χ3n) is 7.06. The molecule has 2 heterocycles. The molecule has 1 amide bonds. The minimum absolute atomic E-state index is 0.00471. The number of halogens is 4. The summed E-state index contributed by atoms with van der Waals surface area (Å²) >= 11 is 12.6. The molecule has 16 heteroatoms. The van der Waals surface area contributed by atoms with E-state index in [2.05, 4.69) is 9.46 Å². The maximum atomic E-state index is 13.3. The van der Waals surface area contributed by atoms with Gasteiger partial charge in [0.25, 0.3) is 5.91 Å². The second kappa shape index (κ2) is 13.2. The zero-order valence-corrected chi connectivity index (χ0v) is 26.0. The lowest BCUT2D eigenvalue weighted by Gasteiger charge is -2.23. The van der Waals surface area contributed by atoms with Crippen molar-refractivity contribution in [1.29, 1.82) is 0 Å². The molecule has 1 atom stereocenters. The number of alkyl halides is 2. The zero-order valence-electron chi connectivity index (χ0n) is 23.7. The van der Waals surface area contributed by atoms with Crippen molar-refractivity contribution >= 4 is 50.8 Å². The fraction of sp³-hybridized carbons (Fsp3) is 0.345. The summed E-state index contributed by atoms with van der Waals surface area (Å²) in [7, 11) is -3.58. The molecule has 45 heavy (non-hydrogen) atoms. The average molecular weight is 687 g/mol. The van der Waals surface area contributed by atoms with Crippen LogP contribution in [0.15, 0.2) is 48.8 Å². The number of ether oxygens (including phenoxy) is 3. The van der Waals surface area contributed by atoms with Gasteiger partial charge in [0.2, 0.25) is 10.0 Å². The Morgan fingerprint density at radius 2 is 1.84 bits per heavy atom. The summed E-state index contributed by atoms with van der Waals surface area (Å²) in [4.78, 5) is 27.6. The number of nitrogens with one attached hydrogen (secondary N) is 1. The smallest absolute Gasteiger partial charge is 0.387 e. The SMILES string of the molecule is CS(=O)(=O)Nc1ccc2c(c1)C(=O)N(CC(=O)O[C@@H](Cc1c(Cl)c[n+]([O-])cc1Cl)c1ccc(OC(F)F)c(OCC3CC3)c1)C2. The molecule has 0 bridgehead atoms. The lowest BCUT2D eigenvalue weighted by atomic mass is 10.0. The second-order valence-corrected chi connectivity index (χ2v) is 13.3. The standard InChI is InChI=1S/C29H27Cl2F2N3O8S/c1-45(40,41)34-19-6-4-18-11-35(28(38)20(18)9-19)14-27(37)43-25(10-21-22(30)12-36(39)13-23(21)31)17-5-7-24(44-29(32)33)26(8-17)42-15-16-2-3-16/h4-9,12-13,16,25,29,34H,2-3,10-11,14-15H2,1H3/t25-/m0/s1. The van der Waals surface area contributed by atoms with Crippen LogP contribution in [0, 0.1) is 11.1 Å². The second-order valence-electron chi connectivity index (χ2n) is 10.7. The third-order valence-corrected chi connectivity index (χ3v) is 8.32. The Hall–Kier alpha value is -3.88. The van der Waals surface area contributed by atoms with E-state index in [4.69, 9.17) is 32.7 Å². The van der Waals surface area contributed by atoms with Crippen LogP contribution in [0.5, 0.6) is 11.5 Å². The number of pyridine rings is 1. The molecule has 1 N–H and O–H groups in total. The summed E-state index contributed by atoms with van der Waals surface area (Å²) in [5.74, 6) is -1.21. The monoisotopic (exact) mass is 685 g/mol. The van der Waals surface area contributed by atoms with E-state index >= 15 is 0 Å². The normalized spacial score (nSPS) is 15.2. The zero-order chi connectivity index (χ0) is 32.5. The predicted molar refractivity (Wildman–Crippen MR) is 159 cm³/mol. The molecule has 1 aliphatic carbocycles. The number of anilines is 1. The molecular formula is C29H27Cl2F2N3O8S. The molecular weight excluding hydrogens is 659 g/mol. The van der Waals surface area contributed by atoms with Gasteiger partial charge in [0.1, 0.15) is 22.7 Å². The largest absolute Gasteiger partial charge is 0.619 e. The van der Waals surface area contributed by atoms with Crippen molar-refractivity contribution < 1.29 is 45.7 Å². The third kappa shape index (κ3) is 8.44. The quantitative estimate of drug-likeness (QED) is 0.153. The highest BCUT2D eigenvalue weighted by Crippen LogP contribution is 2.38. The number of hydrogen-bond donors (Lipinski definition) is 1. The molecule has 1 aromatic heterocycles. The summed E-state index contributed by atoms with van der Waals surface area (Å²) < 4.78 is 68.4. The van der Waals surface area contributed by atoms with E-state index in [1.165, 1.54) is 35.2 Å². The molecule has 0 saturated heterocycles. The summed E-state index contributed by atoms with van der Waals surface area (Å²) in [5.41, 5.74) is 1.63. The molecule has 2 aliphatic rings. The summed E-state index contributed by atoms with van der Waals surface area (Å²) in [6.07, 6.45) is 3.82. The van der Waals surface area contributed by atoms with Gasteiger partial charge >= 0.3 is 12.6 Å². The first-order valence-corrected chi connectivity index (χ1v) is 16.3. The van der Waals surface area contributed by atoms with Crippen LogP contribution in [-0.4, -0.2) is 51.2 Å². The van der Waals surface area contributed by atoms with E-state index in [1.807, 2.05) is 0 Å². The Balaban J connectivity index is 1.39. The number of esters is 1. The van der Waals surface area contributed by atoms with Gasteiger partial charge < -0.3 is 24.3 Å². The van der Waals surface area contributed by atoms with Crippen LogP contribution in [0.4, 0.5) is 14.5 Å². The van der Waals surface area contributed by atoms with Crippen LogP contribution in [0.3, 0.4) is 0 Å². The van der Waals surface area contributed by atoms with Crippen LogP contribution in [-0.2, 0) is 32.5 Å². The topological polar surface area (TPSA) is 138 Å². The number of amides is 1. The number of benzene rings is 2. The van der Waals surface area contributed by atoms with E-state index in [0.29, 0.717) is 21.8 Å². The van der Waals surface area contributed by atoms with Crippen LogP contribution in [0.25, 0.3) is 0 Å². The van der Waals surface area contributed by atoms with Crippen LogP contribution in [0.1, 0.15) is 46.0 Å². The van der Waals surface area contributed by atoms with Crippen molar-refractivity contribution in [3.05, 3.63) is 86.3 Å². The Labute approximate surface area is 267 Å². The lowest BCUT2D eigenvalue weighted by molar-refractivity contribution is -0.605. The van der Waals surface area contributed by atoms with E-state index in [9.17, 15) is 32.0 Å². The molecule has 1 saturated carbocycles. The highest BCUT2D eigenvalue weighted by Gasteiger charge is 2.32. The Kier molecular flexibility index (Phi) is 9.56. The van der Waals surface area contributed by atoms with Gasteiger partial charge in [-0.3, -0.25) is 14.3 Å². The number of aromatic nitrogens is 1. The maximum absolute atomic E-state index is 13.3. The number of hydrogen-bond acceptors (Lipinski definition) is 8. The number of sulfonamides is 1. The summed E-state index contributed by atoms with van der Waals surface area (Å²) in [6.45, 7) is -3.21. The van der Waals surface area contributed by atoms with Crippen molar-refractivity contribution in [3.8, 4) is 11.5 Å². The highest BCUT2D eigenvalue weighted by atomic mass is 35.5. The number of carbonyl (C=O) groups excluding carboxylic acids is 2. The predicted octanol–water partition coefficient (Wildman–Crippen LogP) is 4.87. The number of nitrogens with zero attached hydrogens (tertiary/aromatic N) is 2. The Morgan fingerprint density at radius 1 is 1.13 bits per heavy atom. The van der Waals surface area contributed by atoms with Gasteiger partial charge in [-0.05, 0) is 54.2 Å². The average Bonchev–Trinajstić information content (AvgIpc) is 3.72. The number of fused-ring (bicyclic) bond motifs is 1. The lowest BCUT2D eigenvalue weighted by Crippen LogP contribution is -2.32. The first-order chi connectivity index (χ1) is 21.3. The van der Waals surface area contributed by atoms with E-state index < -0.39 is 41.2 Å². The van der Waals surface area contributed by atoms with Crippen molar-refractivity contribution in [2.45, 2.75) is 38.5 Å². The number of carbonyl (C=O) groups is 2. The molecule has 0 radical (unpaired) electrons. The van der Waals surface area contributed by atoms with Gasteiger partial charge in [-0.15, -0.1) is 0 Å². The molecule has 0 unspecified atom stereocenters. The molecule has 1 fully saturated rings. The molecule has 240 valence electrons. The minimum Gasteiger partial charge on any atom is -0.619 e. The van der Waals surface area contributed by atoms with Gasteiger partial charge in [-0.1, -0.05) is 35.3 Å². The maximum Gasteiger partial charge on any atom is 0.387 e. The first kappa shape index (κ1) is 32.5. The molecule has 11 nitrogen and oxygen atoms in total.